The lowest BCUT2D eigenvalue weighted by Gasteiger charge is -2.43. The number of ether oxygens (including phenoxy) is 1. The van der Waals surface area contributed by atoms with Gasteiger partial charge >= 0.3 is 0 Å². The largest absolute Gasteiger partial charge is 0.495 e. The number of hydrogen-bond donors (Lipinski definition) is 2. The van der Waals surface area contributed by atoms with Crippen molar-refractivity contribution in [2.24, 2.45) is 0 Å². The van der Waals surface area contributed by atoms with Gasteiger partial charge in [-0.05, 0) is 43.4 Å². The van der Waals surface area contributed by atoms with Crippen LogP contribution in [0.1, 0.15) is 44.6 Å². The number of piperazine rings is 1. The van der Waals surface area contributed by atoms with E-state index in [0.717, 1.165) is 81.0 Å². The van der Waals surface area contributed by atoms with Crippen LogP contribution >= 0.6 is 0 Å². The van der Waals surface area contributed by atoms with E-state index in [1.165, 1.54) is 0 Å². The molecule has 1 saturated carbocycles. The number of aliphatic hydroxyl groups is 1. The van der Waals surface area contributed by atoms with Crippen LogP contribution in [0.5, 0.6) is 5.75 Å². The summed E-state index contributed by atoms with van der Waals surface area (Å²) in [7, 11) is 3.44. The number of methoxy groups -OCH3 is 1. The van der Waals surface area contributed by atoms with Gasteiger partial charge in [0.25, 0.3) is 0 Å². The average Bonchev–Trinajstić information content (AvgIpc) is 3.70. The number of fused-ring (bicyclic) bond motifs is 2. The van der Waals surface area contributed by atoms with Crippen molar-refractivity contribution in [3.05, 3.63) is 23.9 Å². The first-order valence-electron chi connectivity index (χ1n) is 15.7. The van der Waals surface area contributed by atoms with Gasteiger partial charge in [-0.25, -0.2) is 4.98 Å². The van der Waals surface area contributed by atoms with Crippen molar-refractivity contribution in [3.8, 4) is 5.75 Å². The minimum absolute atomic E-state index is 0.0843. The molecule has 0 spiro atoms. The van der Waals surface area contributed by atoms with Gasteiger partial charge in [-0.3, -0.25) is 19.4 Å². The van der Waals surface area contributed by atoms with E-state index in [2.05, 4.69) is 31.9 Å². The first-order valence-corrected chi connectivity index (χ1v) is 15.7. The number of carbonyl (C=O) groups excluding carboxylic acids is 2. The van der Waals surface area contributed by atoms with Gasteiger partial charge < -0.3 is 29.9 Å². The second kappa shape index (κ2) is 12.6. The highest BCUT2D eigenvalue weighted by Crippen LogP contribution is 2.42. The maximum Gasteiger partial charge on any atom is 0.249 e. The fraction of sp³-hybridized carbons (Fsp3) is 0.613. The van der Waals surface area contributed by atoms with Crippen molar-refractivity contribution < 1.29 is 19.4 Å². The van der Waals surface area contributed by atoms with E-state index in [4.69, 9.17) is 9.72 Å². The Hall–Kier alpha value is -3.48. The molecular formula is C31H44N8O4. The molecule has 1 aromatic heterocycles. The number of anilines is 5. The van der Waals surface area contributed by atoms with E-state index in [1.807, 2.05) is 17.0 Å². The van der Waals surface area contributed by atoms with Crippen molar-refractivity contribution in [2.45, 2.75) is 57.5 Å². The second-order valence-corrected chi connectivity index (χ2v) is 12.0. The molecule has 2 aromatic rings. The predicted octanol–water partition coefficient (Wildman–Crippen LogP) is 2.23. The summed E-state index contributed by atoms with van der Waals surface area (Å²) in [6.07, 6.45) is 7.65. The van der Waals surface area contributed by atoms with E-state index in [1.54, 1.807) is 25.3 Å². The van der Waals surface area contributed by atoms with E-state index in [-0.39, 0.29) is 30.5 Å². The van der Waals surface area contributed by atoms with Crippen LogP contribution in [0, 0.1) is 0 Å². The summed E-state index contributed by atoms with van der Waals surface area (Å²) in [5, 5.41) is 12.6. The molecule has 6 rings (SSSR count). The molecule has 2 fully saturated rings. The Morgan fingerprint density at radius 1 is 1.09 bits per heavy atom. The number of amides is 2. The van der Waals surface area contributed by atoms with E-state index in [9.17, 15) is 14.7 Å². The topological polar surface area (TPSA) is 118 Å². The van der Waals surface area contributed by atoms with Gasteiger partial charge in [-0.1, -0.05) is 19.8 Å². The van der Waals surface area contributed by atoms with Gasteiger partial charge in [0.05, 0.1) is 32.1 Å². The minimum Gasteiger partial charge on any atom is -0.495 e. The Morgan fingerprint density at radius 2 is 1.84 bits per heavy atom. The highest BCUT2D eigenvalue weighted by Gasteiger charge is 2.41. The average molecular weight is 593 g/mol. The molecule has 4 aliphatic rings. The number of β-amino-alcohol motifs (C(OH)–C–C–N with tert-alkyl or cyclic N) is 1. The van der Waals surface area contributed by atoms with E-state index >= 15 is 0 Å². The summed E-state index contributed by atoms with van der Waals surface area (Å²) >= 11 is 0. The first-order chi connectivity index (χ1) is 20.9. The number of likely N-dealkylation sites (N-methyl/N-ethyl adjacent to an activating group) is 1. The third kappa shape index (κ3) is 5.75. The molecule has 0 unspecified atom stereocenters. The zero-order chi connectivity index (χ0) is 30.1. The molecule has 2 amide bonds. The Kier molecular flexibility index (Phi) is 8.69. The molecule has 1 aliphatic carbocycles. The fourth-order valence-corrected chi connectivity index (χ4v) is 7.09. The zero-order valence-electron chi connectivity index (χ0n) is 25.6. The summed E-state index contributed by atoms with van der Waals surface area (Å²) in [5.74, 6) is 2.05. The number of hydrogen-bond acceptors (Lipinski definition) is 10. The highest BCUT2D eigenvalue weighted by atomic mass is 16.5. The summed E-state index contributed by atoms with van der Waals surface area (Å²) in [4.78, 5) is 46.5. The van der Waals surface area contributed by atoms with Crippen LogP contribution in [0.3, 0.4) is 0 Å². The number of benzene rings is 1. The van der Waals surface area contributed by atoms with Crippen LogP contribution < -0.4 is 24.8 Å². The molecule has 43 heavy (non-hydrogen) atoms. The third-order valence-corrected chi connectivity index (χ3v) is 9.50. The van der Waals surface area contributed by atoms with Crippen LogP contribution in [0.25, 0.3) is 0 Å². The number of nitrogens with one attached hydrogen (secondary N) is 1. The molecule has 1 aromatic carbocycles. The maximum absolute atomic E-state index is 13.5. The fourth-order valence-electron chi connectivity index (χ4n) is 7.09. The number of aliphatic hydroxyl groups excluding tert-OH is 1. The lowest BCUT2D eigenvalue weighted by molar-refractivity contribution is -0.120. The standard InChI is InChI=1S/C31H44N8O4/c1-4-24-30(42)35(2)26-19-32-31(34-29(26)39(24)22-7-5-6-8-22)33-23-18-25-21(17-27(23)43-3)9-10-38(25)28(41)20-37-13-11-36(12-14-37)15-16-40/h17-19,22,24,40H,4-16,20H2,1-3H3,(H,32,33,34)/t24-/m1/s1. The summed E-state index contributed by atoms with van der Waals surface area (Å²) in [5.41, 5.74) is 3.38. The van der Waals surface area contributed by atoms with Crippen LogP contribution in [-0.2, 0) is 16.0 Å². The predicted molar refractivity (Wildman–Crippen MR) is 167 cm³/mol. The van der Waals surface area contributed by atoms with Gasteiger partial charge in [0, 0.05) is 58.0 Å². The molecule has 0 radical (unpaired) electrons. The molecule has 12 nitrogen and oxygen atoms in total. The zero-order valence-corrected chi connectivity index (χ0v) is 25.6. The smallest absolute Gasteiger partial charge is 0.249 e. The molecule has 232 valence electrons. The first kappa shape index (κ1) is 29.6. The van der Waals surface area contributed by atoms with Crippen LogP contribution in [0.2, 0.25) is 0 Å². The van der Waals surface area contributed by atoms with Gasteiger partial charge in [0.15, 0.2) is 5.82 Å². The number of nitrogens with zero attached hydrogens (tertiary/aromatic N) is 7. The monoisotopic (exact) mass is 592 g/mol. The quantitative estimate of drug-likeness (QED) is 0.449. The van der Waals surface area contributed by atoms with Crippen LogP contribution in [0.4, 0.5) is 28.8 Å². The van der Waals surface area contributed by atoms with Gasteiger partial charge in [-0.15, -0.1) is 0 Å². The lowest BCUT2D eigenvalue weighted by atomic mass is 10.0. The molecule has 0 bridgehead atoms. The highest BCUT2D eigenvalue weighted by molar-refractivity contribution is 6.04. The summed E-state index contributed by atoms with van der Waals surface area (Å²) in [6.45, 7) is 7.25. The molecule has 1 saturated heterocycles. The van der Waals surface area contributed by atoms with E-state index < -0.39 is 0 Å². The van der Waals surface area contributed by atoms with Gasteiger partial charge in [0.1, 0.15) is 17.5 Å². The van der Waals surface area contributed by atoms with Crippen molar-refractivity contribution in [1.82, 2.24) is 19.8 Å². The molecule has 1 atom stereocenters. The number of rotatable bonds is 9. The second-order valence-electron chi connectivity index (χ2n) is 12.0. The Morgan fingerprint density at radius 3 is 2.53 bits per heavy atom. The maximum atomic E-state index is 13.5. The SMILES string of the molecule is CC[C@@H]1C(=O)N(C)c2cnc(Nc3cc4c(cc3OC)CCN4C(=O)CN3CCN(CCO)CC3)nc2N1C1CCCC1. The van der Waals surface area contributed by atoms with Crippen LogP contribution in [0.15, 0.2) is 18.3 Å². The van der Waals surface area contributed by atoms with Crippen molar-refractivity contribution in [3.63, 3.8) is 0 Å². The Balaban J connectivity index is 1.24. The van der Waals surface area contributed by atoms with Crippen molar-refractivity contribution >= 4 is 40.6 Å². The normalized spacial score (nSPS) is 21.3. The van der Waals surface area contributed by atoms with Gasteiger partial charge in [-0.2, -0.15) is 4.98 Å². The third-order valence-electron chi connectivity index (χ3n) is 9.50. The Labute approximate surface area is 253 Å². The minimum atomic E-state index is -0.241. The molecular weight excluding hydrogens is 548 g/mol. The molecule has 4 heterocycles. The molecule has 12 heteroatoms. The number of aromatic nitrogens is 2. The lowest BCUT2D eigenvalue weighted by Crippen LogP contribution is -2.55. The van der Waals surface area contributed by atoms with Crippen molar-refractivity contribution in [2.75, 3.05) is 86.6 Å². The molecule has 3 aliphatic heterocycles. The summed E-state index contributed by atoms with van der Waals surface area (Å²) < 4.78 is 5.76. The van der Waals surface area contributed by atoms with E-state index in [0.29, 0.717) is 43.4 Å². The van der Waals surface area contributed by atoms with Crippen molar-refractivity contribution in [1.29, 1.82) is 0 Å². The summed E-state index contributed by atoms with van der Waals surface area (Å²) in [6, 6.07) is 4.02. The Bertz CT molecular complexity index is 1340. The van der Waals surface area contributed by atoms with Gasteiger partial charge in [0.2, 0.25) is 17.8 Å². The number of carbonyl (C=O) groups is 2. The van der Waals surface area contributed by atoms with Crippen LogP contribution in [-0.4, -0.2) is 115 Å². The molecule has 2 N–H and O–H groups in total.